The van der Waals surface area contributed by atoms with Crippen LogP contribution >= 0.6 is 0 Å². The highest BCUT2D eigenvalue weighted by Crippen LogP contribution is 2.23. The highest BCUT2D eigenvalue weighted by molar-refractivity contribution is 6.05. The number of nitrogens with zero attached hydrogens (tertiary/aromatic N) is 2. The van der Waals surface area contributed by atoms with E-state index in [1.54, 1.807) is 29.5 Å². The van der Waals surface area contributed by atoms with E-state index in [9.17, 15) is 9.90 Å². The van der Waals surface area contributed by atoms with E-state index in [0.29, 0.717) is 17.1 Å². The molecule has 0 spiro atoms. The van der Waals surface area contributed by atoms with Gasteiger partial charge in [0.25, 0.3) is 5.91 Å². The van der Waals surface area contributed by atoms with E-state index < -0.39 is 0 Å². The van der Waals surface area contributed by atoms with E-state index in [2.05, 4.69) is 10.3 Å². The number of rotatable bonds is 2. The smallest absolute Gasteiger partial charge is 0.274 e. The highest BCUT2D eigenvalue weighted by atomic mass is 16.3. The molecule has 0 saturated heterocycles. The number of nitrogens with one attached hydrogen (secondary N) is 1. The lowest BCUT2D eigenvalue weighted by Crippen LogP contribution is -2.15. The van der Waals surface area contributed by atoms with Crippen molar-refractivity contribution >= 4 is 17.2 Å². The molecule has 0 unspecified atom stereocenters. The van der Waals surface area contributed by atoms with Crippen molar-refractivity contribution in [2.24, 2.45) is 0 Å². The van der Waals surface area contributed by atoms with Crippen LogP contribution in [0.2, 0.25) is 0 Å². The van der Waals surface area contributed by atoms with Crippen molar-refractivity contribution < 1.29 is 9.90 Å². The number of amides is 1. The molecular weight excluding hydrogens is 266 g/mol. The van der Waals surface area contributed by atoms with E-state index in [1.807, 2.05) is 25.3 Å². The van der Waals surface area contributed by atoms with Crippen molar-refractivity contribution in [3.8, 4) is 5.75 Å². The van der Waals surface area contributed by atoms with Crippen molar-refractivity contribution in [1.82, 2.24) is 9.38 Å². The van der Waals surface area contributed by atoms with Crippen molar-refractivity contribution in [2.45, 2.75) is 13.8 Å². The van der Waals surface area contributed by atoms with Gasteiger partial charge in [-0.15, -0.1) is 0 Å². The van der Waals surface area contributed by atoms with Gasteiger partial charge < -0.3 is 10.4 Å². The number of hydrogen-bond acceptors (Lipinski definition) is 3. The topological polar surface area (TPSA) is 66.6 Å². The number of aromatic nitrogens is 2. The molecule has 1 aromatic carbocycles. The zero-order valence-corrected chi connectivity index (χ0v) is 11.8. The number of benzene rings is 1. The summed E-state index contributed by atoms with van der Waals surface area (Å²) in [6.07, 6.45) is 1.82. The van der Waals surface area contributed by atoms with Gasteiger partial charge in [-0.05, 0) is 43.7 Å². The number of pyridine rings is 1. The summed E-state index contributed by atoms with van der Waals surface area (Å²) < 4.78 is 1.75. The monoisotopic (exact) mass is 281 g/mol. The Bertz CT molecular complexity index is 837. The van der Waals surface area contributed by atoms with E-state index in [1.165, 1.54) is 6.07 Å². The number of phenols is 1. The number of hydrogen-bond donors (Lipinski definition) is 2. The van der Waals surface area contributed by atoms with E-state index in [0.717, 1.165) is 11.2 Å². The predicted octanol–water partition coefficient (Wildman–Crippen LogP) is 2.91. The summed E-state index contributed by atoms with van der Waals surface area (Å²) in [6, 6.07) is 10.5. The van der Waals surface area contributed by atoms with Crippen molar-refractivity contribution in [3.63, 3.8) is 0 Å². The second-order valence-corrected chi connectivity index (χ2v) is 4.95. The predicted molar refractivity (Wildman–Crippen MR) is 80.7 cm³/mol. The number of phenolic OH excluding ortho intramolecular Hbond substituents is 1. The maximum Gasteiger partial charge on any atom is 0.274 e. The average Bonchev–Trinajstić information content (AvgIpc) is 2.76. The molecule has 0 bridgehead atoms. The Hall–Kier alpha value is -2.82. The second-order valence-electron chi connectivity index (χ2n) is 4.95. The number of para-hydroxylation sites is 2. The molecule has 3 rings (SSSR count). The van der Waals surface area contributed by atoms with Crippen LogP contribution in [0.3, 0.4) is 0 Å². The van der Waals surface area contributed by atoms with Gasteiger partial charge in [0.05, 0.1) is 11.4 Å². The molecule has 3 aromatic rings. The molecule has 0 radical (unpaired) electrons. The minimum atomic E-state index is -0.301. The van der Waals surface area contributed by atoms with Crippen LogP contribution in [-0.2, 0) is 0 Å². The molecular formula is C16H15N3O2. The van der Waals surface area contributed by atoms with Crippen LogP contribution < -0.4 is 5.32 Å². The number of carbonyl (C=O) groups is 1. The molecule has 2 N–H and O–H groups in total. The van der Waals surface area contributed by atoms with E-state index >= 15 is 0 Å². The third kappa shape index (κ3) is 2.33. The van der Waals surface area contributed by atoms with Crippen LogP contribution in [0.1, 0.15) is 21.7 Å². The largest absolute Gasteiger partial charge is 0.506 e. The summed E-state index contributed by atoms with van der Waals surface area (Å²) in [4.78, 5) is 16.9. The van der Waals surface area contributed by atoms with Gasteiger partial charge in [-0.1, -0.05) is 12.1 Å². The van der Waals surface area contributed by atoms with Crippen LogP contribution in [0.15, 0.2) is 42.6 Å². The van der Waals surface area contributed by atoms with Gasteiger partial charge in [0.1, 0.15) is 17.1 Å². The number of carbonyl (C=O) groups excluding carboxylic acids is 1. The molecule has 5 nitrogen and oxygen atoms in total. The first kappa shape index (κ1) is 13.2. The Morgan fingerprint density at radius 3 is 2.76 bits per heavy atom. The van der Waals surface area contributed by atoms with Gasteiger partial charge in [0, 0.05) is 6.20 Å². The third-order valence-corrected chi connectivity index (χ3v) is 3.32. The zero-order valence-electron chi connectivity index (χ0n) is 11.8. The second kappa shape index (κ2) is 4.94. The Kier molecular flexibility index (Phi) is 3.10. The number of fused-ring (bicyclic) bond motifs is 1. The van der Waals surface area contributed by atoms with Gasteiger partial charge in [-0.2, -0.15) is 0 Å². The SMILES string of the molecule is Cc1ccn2c(C(=O)Nc3ccccc3O)c(C)nc2c1. The third-order valence-electron chi connectivity index (χ3n) is 3.32. The van der Waals surface area contributed by atoms with Crippen LogP contribution in [0.5, 0.6) is 5.75 Å². The van der Waals surface area contributed by atoms with E-state index in [-0.39, 0.29) is 11.7 Å². The number of anilines is 1. The highest BCUT2D eigenvalue weighted by Gasteiger charge is 2.17. The lowest BCUT2D eigenvalue weighted by atomic mass is 10.2. The van der Waals surface area contributed by atoms with Gasteiger partial charge in [0.2, 0.25) is 0 Å². The number of imidazole rings is 1. The van der Waals surface area contributed by atoms with Crippen LogP contribution in [0, 0.1) is 13.8 Å². The van der Waals surface area contributed by atoms with Crippen LogP contribution in [-0.4, -0.2) is 20.4 Å². The average molecular weight is 281 g/mol. The molecule has 2 aromatic heterocycles. The summed E-state index contributed by atoms with van der Waals surface area (Å²) in [5.41, 5.74) is 3.31. The fourth-order valence-electron chi connectivity index (χ4n) is 2.30. The Morgan fingerprint density at radius 1 is 1.24 bits per heavy atom. The summed E-state index contributed by atoms with van der Waals surface area (Å²) in [5.74, 6) is -0.265. The quantitative estimate of drug-likeness (QED) is 0.710. The van der Waals surface area contributed by atoms with Gasteiger partial charge >= 0.3 is 0 Å². The molecule has 0 aliphatic rings. The van der Waals surface area contributed by atoms with Gasteiger partial charge in [0.15, 0.2) is 0 Å². The van der Waals surface area contributed by atoms with E-state index in [4.69, 9.17) is 0 Å². The van der Waals surface area contributed by atoms with Crippen molar-refractivity contribution in [3.05, 3.63) is 59.5 Å². The summed E-state index contributed by atoms with van der Waals surface area (Å²) >= 11 is 0. The molecule has 1 amide bonds. The maximum atomic E-state index is 12.5. The summed E-state index contributed by atoms with van der Waals surface area (Å²) in [6.45, 7) is 3.77. The van der Waals surface area contributed by atoms with Gasteiger partial charge in [-0.25, -0.2) is 4.98 Å². The van der Waals surface area contributed by atoms with Gasteiger partial charge in [-0.3, -0.25) is 9.20 Å². The Labute approximate surface area is 121 Å². The molecule has 0 aliphatic heterocycles. The first-order chi connectivity index (χ1) is 10.1. The fourth-order valence-corrected chi connectivity index (χ4v) is 2.30. The minimum Gasteiger partial charge on any atom is -0.506 e. The summed E-state index contributed by atoms with van der Waals surface area (Å²) in [7, 11) is 0. The molecule has 2 heterocycles. The molecule has 0 fully saturated rings. The zero-order chi connectivity index (χ0) is 15.0. The lowest BCUT2D eigenvalue weighted by Gasteiger charge is -2.07. The molecule has 0 atom stereocenters. The Morgan fingerprint density at radius 2 is 2.00 bits per heavy atom. The first-order valence-electron chi connectivity index (χ1n) is 6.61. The normalized spacial score (nSPS) is 10.8. The standard InChI is InChI=1S/C16H15N3O2/c1-10-7-8-19-14(9-10)17-11(2)15(19)16(21)18-12-5-3-4-6-13(12)20/h3-9,20H,1-2H3,(H,18,21). The van der Waals surface area contributed by atoms with Crippen LogP contribution in [0.4, 0.5) is 5.69 Å². The minimum absolute atomic E-state index is 0.0353. The molecule has 21 heavy (non-hydrogen) atoms. The number of aryl methyl sites for hydroxylation is 2. The molecule has 0 saturated carbocycles. The van der Waals surface area contributed by atoms with Crippen molar-refractivity contribution in [1.29, 1.82) is 0 Å². The molecule has 5 heteroatoms. The maximum absolute atomic E-state index is 12.5. The van der Waals surface area contributed by atoms with Crippen molar-refractivity contribution in [2.75, 3.05) is 5.32 Å². The number of aromatic hydroxyl groups is 1. The first-order valence-corrected chi connectivity index (χ1v) is 6.61. The lowest BCUT2D eigenvalue weighted by molar-refractivity contribution is 0.102. The summed E-state index contributed by atoms with van der Waals surface area (Å²) in [5, 5.41) is 12.4. The fraction of sp³-hybridized carbons (Fsp3) is 0.125. The Balaban J connectivity index is 2.02. The van der Waals surface area contributed by atoms with Crippen LogP contribution in [0.25, 0.3) is 5.65 Å². The molecule has 106 valence electrons. The molecule has 0 aliphatic carbocycles.